The number of hydrogen-bond donors (Lipinski definition) is 1. The zero-order chi connectivity index (χ0) is 10.9. The van der Waals surface area contributed by atoms with E-state index in [1.165, 1.54) is 25.7 Å². The predicted octanol–water partition coefficient (Wildman–Crippen LogP) is 2.51. The summed E-state index contributed by atoms with van der Waals surface area (Å²) in [5.74, 6) is 0.729. The lowest BCUT2D eigenvalue weighted by atomic mass is 10.1. The van der Waals surface area contributed by atoms with Gasteiger partial charge in [0, 0.05) is 13.2 Å². The van der Waals surface area contributed by atoms with E-state index in [1.54, 1.807) is 0 Å². The molecule has 3 nitrogen and oxygen atoms in total. The monoisotopic (exact) mass is 215 g/mol. The Kier molecular flexibility index (Phi) is 6.98. The summed E-state index contributed by atoms with van der Waals surface area (Å²) in [6.45, 7) is 6.84. The molecule has 0 aromatic carbocycles. The number of hydrogen-bond acceptors (Lipinski definition) is 3. The van der Waals surface area contributed by atoms with Crippen LogP contribution in [0.1, 0.15) is 46.0 Å². The molecule has 1 saturated carbocycles. The third-order valence-electron chi connectivity index (χ3n) is 2.74. The molecule has 0 atom stereocenters. The SMILES string of the molecule is CC(C)CCOCCNOC1CCCC1. The van der Waals surface area contributed by atoms with Gasteiger partial charge in [0.05, 0.1) is 12.7 Å². The first-order valence-electron chi connectivity index (χ1n) is 6.25. The molecule has 0 aromatic heterocycles. The molecule has 0 aromatic rings. The molecule has 1 aliphatic rings. The third kappa shape index (κ3) is 6.88. The minimum Gasteiger partial charge on any atom is -0.380 e. The Balaban J connectivity index is 1.76. The Morgan fingerprint density at radius 2 is 1.93 bits per heavy atom. The van der Waals surface area contributed by atoms with Crippen LogP contribution in [0.3, 0.4) is 0 Å². The molecular formula is C12H25NO2. The fourth-order valence-electron chi connectivity index (χ4n) is 1.72. The molecule has 0 spiro atoms. The summed E-state index contributed by atoms with van der Waals surface area (Å²) < 4.78 is 5.47. The molecule has 0 bridgehead atoms. The van der Waals surface area contributed by atoms with E-state index in [0.717, 1.165) is 32.1 Å². The second-order valence-corrected chi connectivity index (χ2v) is 4.71. The van der Waals surface area contributed by atoms with Crippen molar-refractivity contribution in [2.75, 3.05) is 19.8 Å². The Bertz CT molecular complexity index is 145. The maximum Gasteiger partial charge on any atom is 0.0790 e. The highest BCUT2D eigenvalue weighted by Gasteiger charge is 2.14. The zero-order valence-corrected chi connectivity index (χ0v) is 10.1. The van der Waals surface area contributed by atoms with E-state index in [9.17, 15) is 0 Å². The minimum absolute atomic E-state index is 0.445. The smallest absolute Gasteiger partial charge is 0.0790 e. The second kappa shape index (κ2) is 8.08. The maximum absolute atomic E-state index is 5.50. The molecule has 90 valence electrons. The normalized spacial score (nSPS) is 17.8. The molecule has 1 rings (SSSR count). The average Bonchev–Trinajstić information content (AvgIpc) is 2.68. The first-order chi connectivity index (χ1) is 7.29. The van der Waals surface area contributed by atoms with E-state index >= 15 is 0 Å². The van der Waals surface area contributed by atoms with Crippen molar-refractivity contribution in [2.24, 2.45) is 5.92 Å². The van der Waals surface area contributed by atoms with Crippen molar-refractivity contribution in [1.29, 1.82) is 0 Å². The van der Waals surface area contributed by atoms with Gasteiger partial charge >= 0.3 is 0 Å². The molecule has 1 N–H and O–H groups in total. The van der Waals surface area contributed by atoms with Gasteiger partial charge in [-0.1, -0.05) is 26.7 Å². The van der Waals surface area contributed by atoms with E-state index in [4.69, 9.17) is 9.57 Å². The van der Waals surface area contributed by atoms with Crippen LogP contribution in [0, 0.1) is 5.92 Å². The summed E-state index contributed by atoms with van der Waals surface area (Å²) in [6, 6.07) is 0. The van der Waals surface area contributed by atoms with Crippen LogP contribution < -0.4 is 5.48 Å². The fourth-order valence-corrected chi connectivity index (χ4v) is 1.72. The van der Waals surface area contributed by atoms with Crippen LogP contribution in [0.15, 0.2) is 0 Å². The van der Waals surface area contributed by atoms with Crippen molar-refractivity contribution < 1.29 is 9.57 Å². The first-order valence-corrected chi connectivity index (χ1v) is 6.25. The van der Waals surface area contributed by atoms with E-state index < -0.39 is 0 Å². The van der Waals surface area contributed by atoms with Crippen LogP contribution in [0.25, 0.3) is 0 Å². The highest BCUT2D eigenvalue weighted by Crippen LogP contribution is 2.19. The molecule has 3 heteroatoms. The number of nitrogens with one attached hydrogen (secondary N) is 1. The van der Waals surface area contributed by atoms with E-state index in [0.29, 0.717) is 6.10 Å². The largest absolute Gasteiger partial charge is 0.380 e. The van der Waals surface area contributed by atoms with Gasteiger partial charge in [-0.3, -0.25) is 4.84 Å². The highest BCUT2D eigenvalue weighted by atomic mass is 16.7. The summed E-state index contributed by atoms with van der Waals surface area (Å²) in [4.78, 5) is 5.50. The van der Waals surface area contributed by atoms with Crippen molar-refractivity contribution in [1.82, 2.24) is 5.48 Å². The Morgan fingerprint density at radius 3 is 2.60 bits per heavy atom. The minimum atomic E-state index is 0.445. The highest BCUT2D eigenvalue weighted by molar-refractivity contribution is 4.65. The van der Waals surface area contributed by atoms with E-state index in [2.05, 4.69) is 19.3 Å². The molecule has 1 fully saturated rings. The van der Waals surface area contributed by atoms with Gasteiger partial charge in [0.1, 0.15) is 0 Å². The van der Waals surface area contributed by atoms with Crippen molar-refractivity contribution >= 4 is 0 Å². The van der Waals surface area contributed by atoms with Crippen LogP contribution in [-0.4, -0.2) is 25.9 Å². The molecule has 0 amide bonds. The van der Waals surface area contributed by atoms with Crippen molar-refractivity contribution in [2.45, 2.75) is 52.1 Å². The molecule has 0 heterocycles. The standard InChI is InChI=1S/C12H25NO2/c1-11(2)7-9-14-10-8-13-15-12-5-3-4-6-12/h11-13H,3-10H2,1-2H3. The Labute approximate surface area is 93.5 Å². The lowest BCUT2D eigenvalue weighted by Crippen LogP contribution is -2.25. The van der Waals surface area contributed by atoms with Crippen molar-refractivity contribution in [3.8, 4) is 0 Å². The predicted molar refractivity (Wildman–Crippen MR) is 61.6 cm³/mol. The number of rotatable bonds is 8. The third-order valence-corrected chi connectivity index (χ3v) is 2.74. The Morgan fingerprint density at radius 1 is 1.20 bits per heavy atom. The lowest BCUT2D eigenvalue weighted by molar-refractivity contribution is -0.0317. The van der Waals surface area contributed by atoms with Gasteiger partial charge in [-0.15, -0.1) is 0 Å². The Hall–Kier alpha value is -0.120. The number of ether oxygens (including phenoxy) is 1. The van der Waals surface area contributed by atoms with Crippen LogP contribution in [0.5, 0.6) is 0 Å². The lowest BCUT2D eigenvalue weighted by Gasteiger charge is -2.11. The quantitative estimate of drug-likeness (QED) is 0.498. The van der Waals surface area contributed by atoms with Gasteiger partial charge in [0.15, 0.2) is 0 Å². The van der Waals surface area contributed by atoms with Crippen LogP contribution in [-0.2, 0) is 9.57 Å². The summed E-state index contributed by atoms with van der Waals surface area (Å²) in [5, 5.41) is 0. The molecule has 0 aliphatic heterocycles. The maximum atomic E-state index is 5.50. The molecule has 0 unspecified atom stereocenters. The van der Waals surface area contributed by atoms with Crippen molar-refractivity contribution in [3.05, 3.63) is 0 Å². The van der Waals surface area contributed by atoms with Gasteiger partial charge in [-0.25, -0.2) is 0 Å². The summed E-state index contributed by atoms with van der Waals surface area (Å²) in [7, 11) is 0. The summed E-state index contributed by atoms with van der Waals surface area (Å²) >= 11 is 0. The van der Waals surface area contributed by atoms with Gasteiger partial charge in [0.2, 0.25) is 0 Å². The van der Waals surface area contributed by atoms with Crippen LogP contribution >= 0.6 is 0 Å². The molecule has 0 radical (unpaired) electrons. The summed E-state index contributed by atoms with van der Waals surface area (Å²) in [5.41, 5.74) is 2.99. The summed E-state index contributed by atoms with van der Waals surface area (Å²) in [6.07, 6.45) is 6.64. The molecule has 0 saturated heterocycles. The second-order valence-electron chi connectivity index (χ2n) is 4.71. The van der Waals surface area contributed by atoms with Gasteiger partial charge in [-0.05, 0) is 25.2 Å². The van der Waals surface area contributed by atoms with Crippen LogP contribution in [0.2, 0.25) is 0 Å². The van der Waals surface area contributed by atoms with Gasteiger partial charge in [-0.2, -0.15) is 5.48 Å². The average molecular weight is 215 g/mol. The van der Waals surface area contributed by atoms with Gasteiger partial charge in [0.25, 0.3) is 0 Å². The topological polar surface area (TPSA) is 30.5 Å². The molecule has 15 heavy (non-hydrogen) atoms. The van der Waals surface area contributed by atoms with Gasteiger partial charge < -0.3 is 4.74 Å². The first kappa shape index (κ1) is 12.9. The molecular weight excluding hydrogens is 190 g/mol. The van der Waals surface area contributed by atoms with E-state index in [-0.39, 0.29) is 0 Å². The zero-order valence-electron chi connectivity index (χ0n) is 10.1. The fraction of sp³-hybridized carbons (Fsp3) is 1.00. The number of hydroxylamine groups is 1. The molecule has 1 aliphatic carbocycles. The van der Waals surface area contributed by atoms with Crippen LogP contribution in [0.4, 0.5) is 0 Å². The van der Waals surface area contributed by atoms with Crippen molar-refractivity contribution in [3.63, 3.8) is 0 Å². The van der Waals surface area contributed by atoms with E-state index in [1.807, 2.05) is 0 Å².